The molecule has 10 atom stereocenters. The minimum atomic E-state index is -4.64. The highest BCUT2D eigenvalue weighted by atomic mass is 19.4. The van der Waals surface area contributed by atoms with Gasteiger partial charge in [-0.15, -0.1) is 0 Å². The lowest BCUT2D eigenvalue weighted by atomic mass is 9.32. The molecule has 2 aromatic carbocycles. The standard InChI is InChI=1S/C49H58F3NO8/c1-41(2)44(5)19-22-48(41,61-40(44)57)39(56)53(27-30-11-12-33(59-6)24-35(30)60-7)28-46(58)18-15-37-43(46,4)17-14-36-42(3)16-13-32(54)25-45(42)20-21-47(36,37)34(26-45)38(55)29-9-8-10-31(23-29)49(50,51)52/h8-12,20-21,23-24,26,32,36-37,54,58H,13-19,22,25,27-28H2,1-7H3/t32?,36-,37-,42-,43+,44+,45+,46-,47-,48-/m1/s1. The van der Waals surface area contributed by atoms with Crippen molar-refractivity contribution in [3.63, 3.8) is 0 Å². The minimum absolute atomic E-state index is 0.0386. The molecule has 61 heavy (non-hydrogen) atoms. The van der Waals surface area contributed by atoms with Crippen LogP contribution in [0.4, 0.5) is 13.2 Å². The van der Waals surface area contributed by atoms with Crippen LogP contribution in [0.5, 0.6) is 11.5 Å². The van der Waals surface area contributed by atoms with Gasteiger partial charge in [-0.05, 0) is 106 Å². The van der Waals surface area contributed by atoms with E-state index in [9.17, 15) is 28.2 Å². The summed E-state index contributed by atoms with van der Waals surface area (Å²) in [6.07, 6.45) is 5.53. The number of methoxy groups -OCH3 is 2. The normalized spacial score (nSPS) is 40.1. The molecule has 2 N–H and O–H groups in total. The molecule has 1 saturated heterocycles. The average Bonchev–Trinajstić information content (AvgIpc) is 3.67. The molecule has 4 bridgehead atoms. The van der Waals surface area contributed by atoms with E-state index in [1.807, 2.05) is 32.9 Å². The van der Waals surface area contributed by atoms with E-state index in [1.165, 1.54) is 19.2 Å². The fraction of sp³-hybridized carbons (Fsp3) is 0.612. The minimum Gasteiger partial charge on any atom is -0.497 e. The van der Waals surface area contributed by atoms with Crippen molar-refractivity contribution >= 4 is 17.7 Å². The van der Waals surface area contributed by atoms with Crippen molar-refractivity contribution in [2.45, 2.75) is 122 Å². The van der Waals surface area contributed by atoms with Crippen molar-refractivity contribution in [3.8, 4) is 11.5 Å². The average molecular weight is 846 g/mol. The molecule has 12 heteroatoms. The third-order valence-corrected chi connectivity index (χ3v) is 18.4. The molecular formula is C49H58F3NO8. The first-order valence-electron chi connectivity index (χ1n) is 21.8. The zero-order valence-corrected chi connectivity index (χ0v) is 36.2. The molecule has 10 rings (SSSR count). The van der Waals surface area contributed by atoms with Gasteiger partial charge in [0.1, 0.15) is 11.5 Å². The van der Waals surface area contributed by atoms with Gasteiger partial charge in [-0.1, -0.05) is 58.1 Å². The Morgan fingerprint density at radius 3 is 2.25 bits per heavy atom. The van der Waals surface area contributed by atoms with Crippen LogP contribution in [-0.4, -0.2) is 70.8 Å². The maximum Gasteiger partial charge on any atom is 0.416 e. The number of hydrogen-bond acceptors (Lipinski definition) is 8. The molecule has 5 fully saturated rings. The van der Waals surface area contributed by atoms with E-state index in [-0.39, 0.29) is 41.8 Å². The number of aliphatic hydroxyl groups excluding tert-OH is 1. The highest BCUT2D eigenvalue weighted by Gasteiger charge is 2.78. The second-order valence-electron chi connectivity index (χ2n) is 20.7. The van der Waals surface area contributed by atoms with Gasteiger partial charge < -0.3 is 29.3 Å². The van der Waals surface area contributed by atoms with Gasteiger partial charge in [0.05, 0.1) is 43.4 Å². The first-order valence-corrected chi connectivity index (χ1v) is 21.8. The number of aliphatic hydroxyl groups is 2. The van der Waals surface area contributed by atoms with Crippen LogP contribution in [0.3, 0.4) is 0 Å². The Hall–Kier alpha value is -4.16. The summed E-state index contributed by atoms with van der Waals surface area (Å²) in [4.78, 5) is 45.6. The van der Waals surface area contributed by atoms with E-state index in [0.29, 0.717) is 80.4 Å². The number of amides is 1. The molecule has 7 aliphatic carbocycles. The van der Waals surface area contributed by atoms with E-state index < -0.39 is 67.9 Å². The van der Waals surface area contributed by atoms with Crippen LogP contribution in [0.15, 0.2) is 66.3 Å². The summed E-state index contributed by atoms with van der Waals surface area (Å²) in [7, 11) is 3.09. The van der Waals surface area contributed by atoms with Crippen molar-refractivity contribution in [2.75, 3.05) is 20.8 Å². The fourth-order valence-corrected chi connectivity index (χ4v) is 14.3. The number of benzene rings is 2. The lowest BCUT2D eigenvalue weighted by Gasteiger charge is -2.71. The Morgan fingerprint density at radius 2 is 1.59 bits per heavy atom. The van der Waals surface area contributed by atoms with Gasteiger partial charge >= 0.3 is 12.1 Å². The van der Waals surface area contributed by atoms with Crippen molar-refractivity contribution in [1.29, 1.82) is 0 Å². The molecular weight excluding hydrogens is 788 g/mol. The highest BCUT2D eigenvalue weighted by Crippen LogP contribution is 2.78. The number of carbonyl (C=O) groups excluding carboxylic acids is 3. The summed E-state index contributed by atoms with van der Waals surface area (Å²) in [5, 5.41) is 24.6. The number of rotatable bonds is 9. The topological polar surface area (TPSA) is 123 Å². The number of nitrogens with zero attached hydrogens (tertiary/aromatic N) is 1. The lowest BCUT2D eigenvalue weighted by molar-refractivity contribution is -0.187. The zero-order chi connectivity index (χ0) is 44.0. The summed E-state index contributed by atoms with van der Waals surface area (Å²) in [6.45, 7) is 9.93. The Balaban J connectivity index is 1.15. The summed E-state index contributed by atoms with van der Waals surface area (Å²) in [5.41, 5.74) is -7.38. The van der Waals surface area contributed by atoms with E-state index in [0.717, 1.165) is 12.1 Å². The second kappa shape index (κ2) is 13.2. The fourth-order valence-electron chi connectivity index (χ4n) is 14.3. The van der Waals surface area contributed by atoms with Gasteiger partial charge in [0.2, 0.25) is 0 Å². The lowest BCUT2D eigenvalue weighted by Crippen LogP contribution is -2.67. The van der Waals surface area contributed by atoms with Gasteiger partial charge in [0.15, 0.2) is 11.4 Å². The number of esters is 1. The van der Waals surface area contributed by atoms with Crippen molar-refractivity contribution in [1.82, 2.24) is 4.90 Å². The number of ketones is 1. The Kier molecular flexibility index (Phi) is 9.11. The maximum atomic E-state index is 15.4. The molecule has 0 radical (unpaired) electrons. The highest BCUT2D eigenvalue weighted by molar-refractivity contribution is 6.10. The summed E-state index contributed by atoms with van der Waals surface area (Å²) in [6, 6.07) is 9.96. The van der Waals surface area contributed by atoms with Gasteiger partial charge in [-0.2, -0.15) is 13.2 Å². The summed E-state index contributed by atoms with van der Waals surface area (Å²) >= 11 is 0. The van der Waals surface area contributed by atoms with Crippen LogP contribution in [0.1, 0.15) is 114 Å². The Morgan fingerprint density at radius 1 is 0.885 bits per heavy atom. The molecule has 8 aliphatic rings. The molecule has 2 spiro atoms. The van der Waals surface area contributed by atoms with Crippen LogP contribution in [0, 0.1) is 44.3 Å². The van der Waals surface area contributed by atoms with Crippen LogP contribution in [0.2, 0.25) is 0 Å². The summed E-state index contributed by atoms with van der Waals surface area (Å²) < 4.78 is 59.6. The third-order valence-electron chi connectivity index (χ3n) is 18.4. The number of carbonyl (C=O) groups is 3. The maximum absolute atomic E-state index is 15.4. The molecule has 0 aromatic heterocycles. The SMILES string of the molecule is COc1ccc(CN(C[C@]2(O)CC[C@H]3[C@]45C=C[C@@]6(C=C4C(=O)c4cccc(C(F)(F)F)c4)CC(O)CC[C@]6(C)[C@H]5CC[C@@]32C)C(=O)[C@@]23CC[C@@](C)(C(=O)O2)C3(C)C)c(OC)c1. The van der Waals surface area contributed by atoms with Gasteiger partial charge in [0, 0.05) is 51.0 Å². The van der Waals surface area contributed by atoms with Gasteiger partial charge in [-0.25, -0.2) is 0 Å². The van der Waals surface area contributed by atoms with E-state index in [1.54, 1.807) is 24.1 Å². The second-order valence-corrected chi connectivity index (χ2v) is 20.7. The van der Waals surface area contributed by atoms with Crippen LogP contribution < -0.4 is 9.47 Å². The van der Waals surface area contributed by atoms with Crippen molar-refractivity contribution < 1.29 is 52.0 Å². The van der Waals surface area contributed by atoms with Crippen LogP contribution in [-0.2, 0) is 27.0 Å². The summed E-state index contributed by atoms with van der Waals surface area (Å²) in [5.74, 6) is -0.635. The van der Waals surface area contributed by atoms with Gasteiger partial charge in [-0.3, -0.25) is 14.4 Å². The molecule has 328 valence electrons. The van der Waals surface area contributed by atoms with E-state index >= 15 is 9.59 Å². The number of hydrogen-bond donors (Lipinski definition) is 2. The third kappa shape index (κ3) is 5.30. The van der Waals surface area contributed by atoms with E-state index in [2.05, 4.69) is 26.0 Å². The van der Waals surface area contributed by atoms with Crippen molar-refractivity contribution in [2.24, 2.45) is 44.3 Å². The predicted octanol–water partition coefficient (Wildman–Crippen LogP) is 8.65. The number of ether oxygens (including phenoxy) is 3. The molecule has 1 amide bonds. The number of Topliss-reactive ketones (excluding diaryl/α,β-unsaturated/α-hetero) is 1. The number of alkyl halides is 3. The first-order chi connectivity index (χ1) is 28.5. The quantitative estimate of drug-likeness (QED) is 0.146. The molecule has 2 aromatic rings. The molecule has 9 nitrogen and oxygen atoms in total. The zero-order valence-electron chi connectivity index (χ0n) is 36.2. The van der Waals surface area contributed by atoms with Crippen LogP contribution >= 0.6 is 0 Å². The van der Waals surface area contributed by atoms with Crippen molar-refractivity contribution in [3.05, 3.63) is 83.0 Å². The largest absolute Gasteiger partial charge is 0.497 e. The van der Waals surface area contributed by atoms with Crippen LogP contribution in [0.25, 0.3) is 0 Å². The van der Waals surface area contributed by atoms with Gasteiger partial charge in [0.25, 0.3) is 5.91 Å². The molecule has 1 unspecified atom stereocenters. The molecule has 1 aliphatic heterocycles. The predicted molar refractivity (Wildman–Crippen MR) is 219 cm³/mol. The Labute approximate surface area is 355 Å². The molecule has 4 saturated carbocycles. The monoisotopic (exact) mass is 845 g/mol. The Bertz CT molecular complexity index is 2290. The number of allylic oxidation sites excluding steroid dienone is 4. The number of halogens is 3. The van der Waals surface area contributed by atoms with E-state index in [4.69, 9.17) is 14.2 Å². The first kappa shape index (κ1) is 42.2. The molecule has 1 heterocycles. The smallest absolute Gasteiger partial charge is 0.416 e. The number of fused-ring (bicyclic) bond motifs is 3.